The van der Waals surface area contributed by atoms with E-state index in [0.717, 1.165) is 19.3 Å². The SMILES string of the molecule is CCCCCCCCCCCCCCc1ccc(Oc2ccccc2)c([O-])c1S(=O)(=O)O.[K+]. The van der Waals surface area contributed by atoms with Crippen molar-refractivity contribution in [2.45, 2.75) is 95.3 Å². The van der Waals surface area contributed by atoms with Gasteiger partial charge in [-0.2, -0.15) is 8.42 Å². The first kappa shape index (κ1) is 30.6. The van der Waals surface area contributed by atoms with Gasteiger partial charge in [-0.05, 0) is 42.4 Å². The maximum atomic E-state index is 12.7. The van der Waals surface area contributed by atoms with Gasteiger partial charge in [-0.1, -0.05) is 102 Å². The third-order valence-corrected chi connectivity index (χ3v) is 6.65. The molecule has 7 heteroatoms. The van der Waals surface area contributed by atoms with Crippen molar-refractivity contribution in [3.8, 4) is 17.2 Å². The van der Waals surface area contributed by atoms with E-state index in [2.05, 4.69) is 6.92 Å². The van der Waals surface area contributed by atoms with Crippen LogP contribution in [0.4, 0.5) is 0 Å². The molecule has 0 aliphatic carbocycles. The molecule has 0 bridgehead atoms. The van der Waals surface area contributed by atoms with Gasteiger partial charge in [0.25, 0.3) is 10.1 Å². The Morgan fingerprint density at radius 1 is 0.788 bits per heavy atom. The summed E-state index contributed by atoms with van der Waals surface area (Å²) < 4.78 is 39.0. The number of para-hydroxylation sites is 1. The van der Waals surface area contributed by atoms with Gasteiger partial charge in [-0.3, -0.25) is 4.55 Å². The fourth-order valence-corrected chi connectivity index (χ4v) is 4.75. The molecule has 33 heavy (non-hydrogen) atoms. The molecule has 1 N–H and O–H groups in total. The van der Waals surface area contributed by atoms with Gasteiger partial charge in [-0.25, -0.2) is 0 Å². The number of benzene rings is 2. The molecule has 0 unspecified atom stereocenters. The fraction of sp³-hybridized carbons (Fsp3) is 0.538. The zero-order valence-corrected chi connectivity index (χ0v) is 24.2. The van der Waals surface area contributed by atoms with Crippen LogP contribution in [0.25, 0.3) is 0 Å². The summed E-state index contributed by atoms with van der Waals surface area (Å²) in [6.07, 6.45) is 14.9. The molecule has 0 aliphatic heterocycles. The maximum absolute atomic E-state index is 12.7. The first-order valence-corrected chi connectivity index (χ1v) is 13.4. The minimum Gasteiger partial charge on any atom is -0.869 e. The molecule has 0 heterocycles. The number of ether oxygens (including phenoxy) is 1. The van der Waals surface area contributed by atoms with E-state index in [1.807, 2.05) is 6.07 Å². The molecule has 0 saturated heterocycles. The maximum Gasteiger partial charge on any atom is 1.00 e. The summed E-state index contributed by atoms with van der Waals surface area (Å²) >= 11 is 0. The monoisotopic (exact) mass is 500 g/mol. The Balaban J connectivity index is 0.00000544. The van der Waals surface area contributed by atoms with E-state index in [9.17, 15) is 18.1 Å². The van der Waals surface area contributed by atoms with Crippen LogP contribution in [0.2, 0.25) is 0 Å². The Morgan fingerprint density at radius 2 is 1.30 bits per heavy atom. The van der Waals surface area contributed by atoms with Crippen molar-refractivity contribution in [1.29, 1.82) is 0 Å². The van der Waals surface area contributed by atoms with Crippen LogP contribution in [-0.2, 0) is 16.5 Å². The average molecular weight is 501 g/mol. The second-order valence-electron chi connectivity index (χ2n) is 8.41. The second-order valence-corrected chi connectivity index (χ2v) is 9.77. The minimum atomic E-state index is -4.64. The summed E-state index contributed by atoms with van der Waals surface area (Å²) in [4.78, 5) is -0.561. The van der Waals surface area contributed by atoms with Crippen molar-refractivity contribution in [2.75, 3.05) is 0 Å². The Labute approximate surface area is 242 Å². The van der Waals surface area contributed by atoms with E-state index in [0.29, 0.717) is 17.7 Å². The standard InChI is InChI=1S/C26H38O5S.K/c1-2-3-4-5-6-7-8-9-10-11-12-14-17-22-20-21-24(25(27)26(22)32(28,29)30)31-23-18-15-13-16-19-23;/h13,15-16,18-21,27H,2-12,14,17H2,1H3,(H,28,29,30);/q;+1/p-1. The quantitative estimate of drug-likeness (QED) is 0.213. The number of hydrogen-bond donors (Lipinski definition) is 1. The average Bonchev–Trinajstić information content (AvgIpc) is 2.76. The first-order valence-electron chi connectivity index (χ1n) is 12.0. The van der Waals surface area contributed by atoms with E-state index in [4.69, 9.17) is 4.74 Å². The van der Waals surface area contributed by atoms with Gasteiger partial charge in [-0.15, -0.1) is 0 Å². The molecule has 2 rings (SSSR count). The molecule has 5 nitrogen and oxygen atoms in total. The van der Waals surface area contributed by atoms with Gasteiger partial charge in [0.2, 0.25) is 0 Å². The van der Waals surface area contributed by atoms with E-state index in [1.165, 1.54) is 63.9 Å². The predicted molar refractivity (Wildman–Crippen MR) is 127 cm³/mol. The molecule has 0 saturated carbocycles. The van der Waals surface area contributed by atoms with Crippen LogP contribution in [-0.4, -0.2) is 13.0 Å². The summed E-state index contributed by atoms with van der Waals surface area (Å²) in [6.45, 7) is 2.23. The molecule has 178 valence electrons. The fourth-order valence-electron chi connectivity index (χ4n) is 3.92. The molecule has 0 spiro atoms. The van der Waals surface area contributed by atoms with Gasteiger partial charge in [0, 0.05) is 0 Å². The molecule has 2 aromatic rings. The second kappa shape index (κ2) is 17.1. The number of hydrogen-bond acceptors (Lipinski definition) is 4. The van der Waals surface area contributed by atoms with Crippen LogP contribution in [0.3, 0.4) is 0 Å². The predicted octanol–water partition coefficient (Wildman–Crippen LogP) is 4.05. The van der Waals surface area contributed by atoms with Crippen molar-refractivity contribution >= 4 is 10.1 Å². The van der Waals surface area contributed by atoms with Gasteiger partial charge in [0.1, 0.15) is 11.5 Å². The van der Waals surface area contributed by atoms with Crippen molar-refractivity contribution in [3.63, 3.8) is 0 Å². The van der Waals surface area contributed by atoms with E-state index in [-0.39, 0.29) is 57.1 Å². The molecular formula is C26H37KO5S. The van der Waals surface area contributed by atoms with Crippen LogP contribution in [0.1, 0.15) is 89.5 Å². The van der Waals surface area contributed by atoms with Crippen LogP contribution in [0.15, 0.2) is 47.4 Å². The third kappa shape index (κ3) is 11.7. The summed E-state index contributed by atoms with van der Waals surface area (Å²) in [5, 5.41) is 12.7. The normalized spacial score (nSPS) is 11.2. The number of unbranched alkanes of at least 4 members (excludes halogenated alkanes) is 11. The van der Waals surface area contributed by atoms with Crippen molar-refractivity contribution in [1.82, 2.24) is 0 Å². The van der Waals surface area contributed by atoms with Crippen LogP contribution < -0.4 is 61.2 Å². The van der Waals surface area contributed by atoms with Crippen molar-refractivity contribution in [2.24, 2.45) is 0 Å². The largest absolute Gasteiger partial charge is 1.00 e. The topological polar surface area (TPSA) is 86.7 Å². The molecule has 0 aromatic heterocycles. The molecule has 0 atom stereocenters. The Kier molecular flexibility index (Phi) is 15.9. The minimum absolute atomic E-state index is 0. The molecule has 0 aliphatic rings. The molecule has 2 aromatic carbocycles. The summed E-state index contributed by atoms with van der Waals surface area (Å²) in [5.74, 6) is -0.477. The molecule has 0 amide bonds. The van der Waals surface area contributed by atoms with Crippen molar-refractivity contribution in [3.05, 3.63) is 48.0 Å². The number of rotatable bonds is 16. The summed E-state index contributed by atoms with van der Waals surface area (Å²) in [7, 11) is -4.64. The third-order valence-electron chi connectivity index (χ3n) is 5.69. The van der Waals surface area contributed by atoms with Crippen LogP contribution in [0.5, 0.6) is 17.2 Å². The zero-order chi connectivity index (χ0) is 23.2. The Hall–Kier alpha value is -0.414. The van der Waals surface area contributed by atoms with Gasteiger partial charge < -0.3 is 9.84 Å². The Morgan fingerprint density at radius 3 is 1.82 bits per heavy atom. The Bertz CT molecular complexity index is 900. The molecule has 0 radical (unpaired) electrons. The smallest absolute Gasteiger partial charge is 0.869 e. The van der Waals surface area contributed by atoms with Crippen molar-refractivity contribution < 1.29 is 74.2 Å². The summed E-state index contributed by atoms with van der Waals surface area (Å²) in [6, 6.07) is 11.7. The van der Waals surface area contributed by atoms with Gasteiger partial charge in [0.05, 0.1) is 4.90 Å². The van der Waals surface area contributed by atoms with E-state index in [1.54, 1.807) is 30.3 Å². The van der Waals surface area contributed by atoms with Gasteiger partial charge in [0.15, 0.2) is 0 Å². The summed E-state index contributed by atoms with van der Waals surface area (Å²) in [5.41, 5.74) is 0.352. The first-order chi connectivity index (χ1) is 15.4. The molecular weight excluding hydrogens is 463 g/mol. The molecule has 0 fully saturated rings. The van der Waals surface area contributed by atoms with E-state index >= 15 is 0 Å². The number of aryl methyl sites for hydroxylation is 1. The van der Waals surface area contributed by atoms with Crippen LogP contribution >= 0.6 is 0 Å². The van der Waals surface area contributed by atoms with Crippen LogP contribution in [0, 0.1) is 0 Å². The zero-order valence-electron chi connectivity index (χ0n) is 20.2. The van der Waals surface area contributed by atoms with E-state index < -0.39 is 20.8 Å². The van der Waals surface area contributed by atoms with Gasteiger partial charge >= 0.3 is 51.4 Å².